The molecule has 0 spiro atoms. The van der Waals surface area contributed by atoms with Gasteiger partial charge in [0, 0.05) is 6.54 Å². The SMILES string of the molecule is CCCC(O)(CCC)CCc1cccc(C(O)CN)c1. The van der Waals surface area contributed by atoms with Crippen LogP contribution in [0.2, 0.25) is 0 Å². The Bertz CT molecular complexity index is 386. The fraction of sp³-hybridized carbons (Fsp3) is 0.647. The topological polar surface area (TPSA) is 66.5 Å². The summed E-state index contributed by atoms with van der Waals surface area (Å²) in [6.07, 6.45) is 4.72. The first-order chi connectivity index (χ1) is 9.54. The summed E-state index contributed by atoms with van der Waals surface area (Å²) in [6.45, 7) is 4.46. The van der Waals surface area contributed by atoms with Crippen molar-refractivity contribution in [2.75, 3.05) is 6.54 Å². The van der Waals surface area contributed by atoms with E-state index in [0.717, 1.165) is 49.7 Å². The maximum atomic E-state index is 10.6. The standard InChI is InChI=1S/C17H29NO2/c1-3-9-17(20,10-4-2)11-8-14-6-5-7-15(12-14)16(19)13-18/h5-7,12,16,19-20H,3-4,8-11,13,18H2,1-2H3. The number of rotatable bonds is 9. The molecule has 0 aliphatic rings. The second-order valence-corrected chi connectivity index (χ2v) is 5.72. The molecule has 0 heterocycles. The maximum absolute atomic E-state index is 10.6. The van der Waals surface area contributed by atoms with E-state index in [0.29, 0.717) is 0 Å². The Morgan fingerprint density at radius 1 is 1.15 bits per heavy atom. The summed E-state index contributed by atoms with van der Waals surface area (Å²) in [6, 6.07) is 7.88. The lowest BCUT2D eigenvalue weighted by Crippen LogP contribution is -2.29. The van der Waals surface area contributed by atoms with Crippen molar-refractivity contribution in [3.05, 3.63) is 35.4 Å². The molecule has 3 nitrogen and oxygen atoms in total. The van der Waals surface area contributed by atoms with Crippen molar-refractivity contribution in [3.63, 3.8) is 0 Å². The van der Waals surface area contributed by atoms with Gasteiger partial charge in [-0.2, -0.15) is 0 Å². The van der Waals surface area contributed by atoms with Gasteiger partial charge >= 0.3 is 0 Å². The fourth-order valence-electron chi connectivity index (χ4n) is 2.77. The number of hydrogen-bond acceptors (Lipinski definition) is 3. The summed E-state index contributed by atoms with van der Waals surface area (Å²) in [5, 5.41) is 20.4. The molecule has 0 amide bonds. The van der Waals surface area contributed by atoms with Gasteiger partial charge < -0.3 is 15.9 Å². The highest BCUT2D eigenvalue weighted by Gasteiger charge is 2.24. The van der Waals surface area contributed by atoms with Crippen LogP contribution in [0.1, 0.15) is 63.2 Å². The normalized spacial score (nSPS) is 13.4. The molecule has 1 unspecified atom stereocenters. The van der Waals surface area contributed by atoms with E-state index in [4.69, 9.17) is 5.73 Å². The average Bonchev–Trinajstić information content (AvgIpc) is 2.45. The summed E-state index contributed by atoms with van der Waals surface area (Å²) in [5.74, 6) is 0. The third-order valence-corrected chi connectivity index (χ3v) is 3.87. The Morgan fingerprint density at radius 2 is 1.80 bits per heavy atom. The lowest BCUT2D eigenvalue weighted by atomic mass is 9.86. The molecule has 0 saturated heterocycles. The predicted molar refractivity (Wildman–Crippen MR) is 83.5 cm³/mol. The Labute approximate surface area is 122 Å². The molecule has 0 bridgehead atoms. The third kappa shape index (κ3) is 5.23. The number of aryl methyl sites for hydroxylation is 1. The van der Waals surface area contributed by atoms with Crippen molar-refractivity contribution in [2.24, 2.45) is 5.73 Å². The second kappa shape index (κ2) is 8.40. The van der Waals surface area contributed by atoms with Crippen LogP contribution in [0.25, 0.3) is 0 Å². The van der Waals surface area contributed by atoms with E-state index in [-0.39, 0.29) is 6.54 Å². The monoisotopic (exact) mass is 279 g/mol. The quantitative estimate of drug-likeness (QED) is 0.651. The number of hydrogen-bond donors (Lipinski definition) is 3. The van der Waals surface area contributed by atoms with Crippen LogP contribution in [-0.4, -0.2) is 22.4 Å². The minimum absolute atomic E-state index is 0.235. The molecule has 0 aromatic heterocycles. The number of benzene rings is 1. The minimum atomic E-state index is -0.597. The van der Waals surface area contributed by atoms with Gasteiger partial charge in [0.2, 0.25) is 0 Å². The first kappa shape index (κ1) is 17.2. The van der Waals surface area contributed by atoms with Crippen LogP contribution in [0.5, 0.6) is 0 Å². The van der Waals surface area contributed by atoms with Crippen LogP contribution in [0.3, 0.4) is 0 Å². The molecule has 1 aromatic carbocycles. The highest BCUT2D eigenvalue weighted by atomic mass is 16.3. The van der Waals surface area contributed by atoms with E-state index in [1.807, 2.05) is 24.3 Å². The Balaban J connectivity index is 2.68. The zero-order valence-corrected chi connectivity index (χ0v) is 12.8. The van der Waals surface area contributed by atoms with Gasteiger partial charge in [-0.05, 0) is 36.8 Å². The van der Waals surface area contributed by atoms with E-state index in [1.165, 1.54) is 0 Å². The summed E-state index contributed by atoms with van der Waals surface area (Å²) < 4.78 is 0. The largest absolute Gasteiger partial charge is 0.390 e. The second-order valence-electron chi connectivity index (χ2n) is 5.72. The van der Waals surface area contributed by atoms with Crippen LogP contribution in [0.15, 0.2) is 24.3 Å². The van der Waals surface area contributed by atoms with Crippen LogP contribution >= 0.6 is 0 Å². The summed E-state index contributed by atoms with van der Waals surface area (Å²) in [7, 11) is 0. The van der Waals surface area contributed by atoms with Crippen molar-refractivity contribution in [2.45, 2.75) is 64.1 Å². The molecule has 0 saturated carbocycles. The maximum Gasteiger partial charge on any atom is 0.0912 e. The Kier molecular flexibility index (Phi) is 7.20. The molecule has 114 valence electrons. The van der Waals surface area contributed by atoms with Gasteiger partial charge in [-0.1, -0.05) is 51.0 Å². The smallest absolute Gasteiger partial charge is 0.0912 e. The Hall–Kier alpha value is -0.900. The zero-order chi connectivity index (χ0) is 15.0. The van der Waals surface area contributed by atoms with Crippen LogP contribution in [0, 0.1) is 0 Å². The number of aliphatic hydroxyl groups is 2. The molecule has 0 fully saturated rings. The molecule has 4 N–H and O–H groups in total. The van der Waals surface area contributed by atoms with E-state index >= 15 is 0 Å². The molecule has 3 heteroatoms. The lowest BCUT2D eigenvalue weighted by molar-refractivity contribution is 0.0132. The molecule has 1 atom stereocenters. The van der Waals surface area contributed by atoms with Crippen molar-refractivity contribution < 1.29 is 10.2 Å². The molecule has 1 rings (SSSR count). The molecule has 20 heavy (non-hydrogen) atoms. The van der Waals surface area contributed by atoms with Gasteiger partial charge in [0.1, 0.15) is 0 Å². The number of aliphatic hydroxyl groups excluding tert-OH is 1. The molecule has 0 aliphatic carbocycles. The van der Waals surface area contributed by atoms with Crippen LogP contribution in [0.4, 0.5) is 0 Å². The van der Waals surface area contributed by atoms with Crippen molar-refractivity contribution >= 4 is 0 Å². The number of nitrogens with two attached hydrogens (primary N) is 1. The van der Waals surface area contributed by atoms with E-state index in [9.17, 15) is 10.2 Å². The third-order valence-electron chi connectivity index (χ3n) is 3.87. The molecular weight excluding hydrogens is 250 g/mol. The van der Waals surface area contributed by atoms with E-state index < -0.39 is 11.7 Å². The van der Waals surface area contributed by atoms with Gasteiger partial charge in [0.25, 0.3) is 0 Å². The van der Waals surface area contributed by atoms with Gasteiger partial charge in [-0.15, -0.1) is 0 Å². The Morgan fingerprint density at radius 3 is 2.35 bits per heavy atom. The minimum Gasteiger partial charge on any atom is -0.390 e. The average molecular weight is 279 g/mol. The summed E-state index contributed by atoms with van der Waals surface area (Å²) >= 11 is 0. The van der Waals surface area contributed by atoms with Gasteiger partial charge in [-0.25, -0.2) is 0 Å². The van der Waals surface area contributed by atoms with Gasteiger partial charge in [0.15, 0.2) is 0 Å². The van der Waals surface area contributed by atoms with Crippen molar-refractivity contribution in [3.8, 4) is 0 Å². The van der Waals surface area contributed by atoms with Gasteiger partial charge in [0.05, 0.1) is 11.7 Å². The van der Waals surface area contributed by atoms with Crippen molar-refractivity contribution in [1.82, 2.24) is 0 Å². The lowest BCUT2D eigenvalue weighted by Gasteiger charge is -2.27. The summed E-state index contributed by atoms with van der Waals surface area (Å²) in [5.41, 5.74) is 6.95. The molecule has 0 radical (unpaired) electrons. The summed E-state index contributed by atoms with van der Waals surface area (Å²) in [4.78, 5) is 0. The molecule has 1 aromatic rings. The first-order valence-electron chi connectivity index (χ1n) is 7.74. The molecule has 0 aliphatic heterocycles. The molecular formula is C17H29NO2. The van der Waals surface area contributed by atoms with E-state index in [2.05, 4.69) is 13.8 Å². The first-order valence-corrected chi connectivity index (χ1v) is 7.74. The fourth-order valence-corrected chi connectivity index (χ4v) is 2.77. The predicted octanol–water partition coefficient (Wildman–Crippen LogP) is 2.94. The highest BCUT2D eigenvalue weighted by molar-refractivity contribution is 5.25. The van der Waals surface area contributed by atoms with Crippen LogP contribution in [-0.2, 0) is 6.42 Å². The van der Waals surface area contributed by atoms with Crippen LogP contribution < -0.4 is 5.73 Å². The van der Waals surface area contributed by atoms with Gasteiger partial charge in [-0.3, -0.25) is 0 Å². The zero-order valence-electron chi connectivity index (χ0n) is 12.8. The highest BCUT2D eigenvalue weighted by Crippen LogP contribution is 2.26. The van der Waals surface area contributed by atoms with Crippen molar-refractivity contribution in [1.29, 1.82) is 0 Å². The van der Waals surface area contributed by atoms with E-state index in [1.54, 1.807) is 0 Å².